The number of amides is 1. The van der Waals surface area contributed by atoms with Crippen molar-refractivity contribution in [2.24, 2.45) is 5.92 Å². The molecule has 1 amide bonds. The summed E-state index contributed by atoms with van der Waals surface area (Å²) < 4.78 is 65.4. The first-order valence-electron chi connectivity index (χ1n) is 9.72. The standard InChI is InChI=1S/C20H25F5N2O/c21-15-8-13(18(22)23)7-14(9-15)19(28)27-17-2-1-16(10-17)26-11-12-3-5-20(24,25)6-4-12/h7-9,12,16-18,26H,1-6,10-11H2,(H,27,28)/t16-,17-/m0/s1. The molecule has 0 unspecified atom stereocenters. The zero-order valence-corrected chi connectivity index (χ0v) is 15.5. The predicted octanol–water partition coefficient (Wildman–Crippen LogP) is 4.83. The highest BCUT2D eigenvalue weighted by atomic mass is 19.3. The van der Waals surface area contributed by atoms with E-state index in [9.17, 15) is 26.7 Å². The minimum absolute atomic E-state index is 0.0586. The van der Waals surface area contributed by atoms with Crippen LogP contribution in [0.3, 0.4) is 0 Å². The monoisotopic (exact) mass is 404 g/mol. The highest BCUT2D eigenvalue weighted by molar-refractivity contribution is 5.94. The van der Waals surface area contributed by atoms with Gasteiger partial charge in [0.15, 0.2) is 0 Å². The molecule has 3 nitrogen and oxygen atoms in total. The van der Waals surface area contributed by atoms with E-state index in [4.69, 9.17) is 0 Å². The Balaban J connectivity index is 1.45. The Morgan fingerprint density at radius 1 is 1.07 bits per heavy atom. The number of alkyl halides is 4. The fourth-order valence-electron chi connectivity index (χ4n) is 4.07. The molecule has 2 aliphatic carbocycles. The lowest BCUT2D eigenvalue weighted by atomic mass is 9.86. The molecule has 0 bridgehead atoms. The highest BCUT2D eigenvalue weighted by Gasteiger charge is 2.35. The third-order valence-corrected chi connectivity index (χ3v) is 5.73. The quantitative estimate of drug-likeness (QED) is 0.667. The Labute approximate surface area is 161 Å². The normalized spacial score (nSPS) is 25.2. The molecule has 0 saturated heterocycles. The smallest absolute Gasteiger partial charge is 0.263 e. The van der Waals surface area contributed by atoms with Gasteiger partial charge in [-0.05, 0) is 62.8 Å². The molecule has 3 rings (SSSR count). The van der Waals surface area contributed by atoms with E-state index in [2.05, 4.69) is 10.6 Å². The van der Waals surface area contributed by atoms with E-state index in [0.717, 1.165) is 31.0 Å². The van der Waals surface area contributed by atoms with Crippen molar-refractivity contribution >= 4 is 5.91 Å². The van der Waals surface area contributed by atoms with Gasteiger partial charge in [-0.3, -0.25) is 4.79 Å². The van der Waals surface area contributed by atoms with E-state index in [1.807, 2.05) is 0 Å². The number of rotatable bonds is 6. The van der Waals surface area contributed by atoms with Gasteiger partial charge in [0.25, 0.3) is 12.3 Å². The number of benzene rings is 1. The second-order valence-corrected chi connectivity index (χ2v) is 7.96. The minimum atomic E-state index is -2.85. The largest absolute Gasteiger partial charge is 0.349 e. The van der Waals surface area contributed by atoms with Gasteiger partial charge < -0.3 is 10.6 Å². The number of hydrogen-bond acceptors (Lipinski definition) is 2. The lowest BCUT2D eigenvalue weighted by Crippen LogP contribution is -2.37. The van der Waals surface area contributed by atoms with Gasteiger partial charge in [0.2, 0.25) is 5.92 Å². The van der Waals surface area contributed by atoms with Crippen LogP contribution in [0.1, 0.15) is 67.3 Å². The summed E-state index contributed by atoms with van der Waals surface area (Å²) in [7, 11) is 0. The van der Waals surface area contributed by atoms with Crippen LogP contribution in [0.25, 0.3) is 0 Å². The van der Waals surface area contributed by atoms with Gasteiger partial charge in [0.1, 0.15) is 5.82 Å². The second-order valence-electron chi connectivity index (χ2n) is 7.96. The van der Waals surface area contributed by atoms with Crippen molar-refractivity contribution in [2.45, 2.75) is 69.4 Å². The summed E-state index contributed by atoms with van der Waals surface area (Å²) in [6, 6.07) is 2.73. The first-order chi connectivity index (χ1) is 13.2. The first kappa shape index (κ1) is 21.0. The molecule has 8 heteroatoms. The van der Waals surface area contributed by atoms with Crippen molar-refractivity contribution in [3.63, 3.8) is 0 Å². The van der Waals surface area contributed by atoms with Crippen molar-refractivity contribution in [3.8, 4) is 0 Å². The summed E-state index contributed by atoms with van der Waals surface area (Å²) >= 11 is 0. The Bertz CT molecular complexity index is 687. The molecular weight excluding hydrogens is 379 g/mol. The van der Waals surface area contributed by atoms with Crippen LogP contribution in [-0.4, -0.2) is 30.5 Å². The van der Waals surface area contributed by atoms with E-state index in [1.165, 1.54) is 0 Å². The minimum Gasteiger partial charge on any atom is -0.349 e. The third kappa shape index (κ3) is 5.65. The van der Waals surface area contributed by atoms with Crippen LogP contribution in [0.15, 0.2) is 18.2 Å². The SMILES string of the molecule is O=C(N[C@H]1CC[C@H](NCC2CCC(F)(F)CC2)C1)c1cc(F)cc(C(F)F)c1. The molecule has 1 aromatic carbocycles. The van der Waals surface area contributed by atoms with Crippen LogP contribution < -0.4 is 10.6 Å². The van der Waals surface area contributed by atoms with Crippen molar-refractivity contribution in [1.29, 1.82) is 0 Å². The number of halogens is 5. The second kappa shape index (κ2) is 8.76. The Hall–Kier alpha value is -1.70. The molecule has 0 spiro atoms. The van der Waals surface area contributed by atoms with Crippen molar-refractivity contribution in [3.05, 3.63) is 35.1 Å². The fraction of sp³-hybridized carbons (Fsp3) is 0.650. The van der Waals surface area contributed by atoms with E-state index in [-0.39, 0.29) is 36.4 Å². The molecule has 0 radical (unpaired) electrons. The van der Waals surface area contributed by atoms with Crippen LogP contribution in [-0.2, 0) is 0 Å². The van der Waals surface area contributed by atoms with Gasteiger partial charge in [-0.2, -0.15) is 0 Å². The molecule has 2 atom stereocenters. The van der Waals surface area contributed by atoms with Crippen LogP contribution in [0, 0.1) is 11.7 Å². The van der Waals surface area contributed by atoms with E-state index in [0.29, 0.717) is 25.8 Å². The number of carbonyl (C=O) groups is 1. The van der Waals surface area contributed by atoms with E-state index in [1.54, 1.807) is 0 Å². The summed E-state index contributed by atoms with van der Waals surface area (Å²) in [4.78, 5) is 12.3. The zero-order chi connectivity index (χ0) is 20.3. The van der Waals surface area contributed by atoms with Gasteiger partial charge >= 0.3 is 0 Å². The molecule has 2 aliphatic rings. The summed E-state index contributed by atoms with van der Waals surface area (Å²) in [6.07, 6.45) is 0.293. The number of hydrogen-bond donors (Lipinski definition) is 2. The molecule has 0 aliphatic heterocycles. The topological polar surface area (TPSA) is 41.1 Å². The summed E-state index contributed by atoms with van der Waals surface area (Å²) in [5.41, 5.74) is -0.635. The van der Waals surface area contributed by atoms with Crippen molar-refractivity contribution in [1.82, 2.24) is 10.6 Å². The van der Waals surface area contributed by atoms with Gasteiger partial charge in [-0.1, -0.05) is 0 Å². The lowest BCUT2D eigenvalue weighted by Gasteiger charge is -2.29. The van der Waals surface area contributed by atoms with E-state index >= 15 is 0 Å². The molecule has 28 heavy (non-hydrogen) atoms. The maximum Gasteiger partial charge on any atom is 0.263 e. The van der Waals surface area contributed by atoms with Crippen LogP contribution in [0.4, 0.5) is 22.0 Å². The average molecular weight is 404 g/mol. The molecule has 0 aromatic heterocycles. The summed E-state index contributed by atoms with van der Waals surface area (Å²) in [5.74, 6) is -3.72. The molecule has 1 aromatic rings. The van der Waals surface area contributed by atoms with Gasteiger partial charge in [-0.25, -0.2) is 22.0 Å². The molecule has 2 N–H and O–H groups in total. The maximum atomic E-state index is 13.5. The van der Waals surface area contributed by atoms with Crippen molar-refractivity contribution in [2.75, 3.05) is 6.54 Å². The number of nitrogens with one attached hydrogen (secondary N) is 2. The lowest BCUT2D eigenvalue weighted by molar-refractivity contribution is -0.0456. The maximum absolute atomic E-state index is 13.5. The molecule has 2 saturated carbocycles. The predicted molar refractivity (Wildman–Crippen MR) is 95.2 cm³/mol. The fourth-order valence-corrected chi connectivity index (χ4v) is 4.07. The molecule has 2 fully saturated rings. The average Bonchev–Trinajstić information content (AvgIpc) is 3.07. The van der Waals surface area contributed by atoms with Crippen LogP contribution in [0.5, 0.6) is 0 Å². The zero-order valence-electron chi connectivity index (χ0n) is 15.5. The van der Waals surface area contributed by atoms with Crippen molar-refractivity contribution < 1.29 is 26.7 Å². The Kier molecular flexibility index (Phi) is 6.58. The van der Waals surface area contributed by atoms with Gasteiger partial charge in [-0.15, -0.1) is 0 Å². The highest BCUT2D eigenvalue weighted by Crippen LogP contribution is 2.36. The first-order valence-corrected chi connectivity index (χ1v) is 9.72. The number of carbonyl (C=O) groups excluding carboxylic acids is 1. The summed E-state index contributed by atoms with van der Waals surface area (Å²) in [6.45, 7) is 0.684. The molecular formula is C20H25F5N2O. The molecule has 156 valence electrons. The van der Waals surface area contributed by atoms with E-state index < -0.39 is 29.6 Å². The Morgan fingerprint density at radius 3 is 2.43 bits per heavy atom. The van der Waals surface area contributed by atoms with Gasteiger partial charge in [0.05, 0.1) is 0 Å². The Morgan fingerprint density at radius 2 is 1.75 bits per heavy atom. The van der Waals surface area contributed by atoms with Crippen LogP contribution in [0.2, 0.25) is 0 Å². The van der Waals surface area contributed by atoms with Crippen LogP contribution >= 0.6 is 0 Å². The third-order valence-electron chi connectivity index (χ3n) is 5.73. The molecule has 0 heterocycles. The summed E-state index contributed by atoms with van der Waals surface area (Å²) in [5, 5.41) is 6.18. The van der Waals surface area contributed by atoms with Gasteiger partial charge in [0, 0.05) is 36.1 Å².